The first-order valence-corrected chi connectivity index (χ1v) is 7.21. The van der Waals surface area contributed by atoms with Crippen LogP contribution in [-0.2, 0) is 0 Å². The molecule has 2 heterocycles. The van der Waals surface area contributed by atoms with Gasteiger partial charge < -0.3 is 14.9 Å². The third-order valence-electron chi connectivity index (χ3n) is 3.83. The predicted molar refractivity (Wildman–Crippen MR) is 77.6 cm³/mol. The van der Waals surface area contributed by atoms with Crippen LogP contribution in [0, 0.1) is 5.92 Å². The van der Waals surface area contributed by atoms with Crippen molar-refractivity contribution in [3.63, 3.8) is 0 Å². The van der Waals surface area contributed by atoms with Gasteiger partial charge in [-0.3, -0.25) is 0 Å². The molecule has 1 N–H and O–H groups in total. The Bertz CT molecular complexity index is 395. The van der Waals surface area contributed by atoms with Gasteiger partial charge in [-0.1, -0.05) is 0 Å². The molecule has 0 radical (unpaired) electrons. The fraction of sp³-hybridized carbons (Fsp3) is 0.714. The van der Waals surface area contributed by atoms with Crippen LogP contribution in [0.5, 0.6) is 0 Å². The number of aliphatic hydroxyl groups is 1. The molecule has 19 heavy (non-hydrogen) atoms. The lowest BCUT2D eigenvalue weighted by atomic mass is 9.99. The quantitative estimate of drug-likeness (QED) is 0.874. The Hall–Kier alpha value is -1.36. The van der Waals surface area contributed by atoms with Crippen molar-refractivity contribution in [3.8, 4) is 0 Å². The number of aromatic nitrogens is 2. The maximum absolute atomic E-state index is 9.31. The van der Waals surface area contributed by atoms with E-state index in [1.165, 1.54) is 0 Å². The second-order valence-corrected chi connectivity index (χ2v) is 5.04. The summed E-state index contributed by atoms with van der Waals surface area (Å²) in [6, 6.07) is 2.06. The van der Waals surface area contributed by atoms with Gasteiger partial charge in [0.1, 0.15) is 18.0 Å². The summed E-state index contributed by atoms with van der Waals surface area (Å²) in [5, 5.41) is 9.31. The maximum atomic E-state index is 9.31. The van der Waals surface area contributed by atoms with Crippen molar-refractivity contribution >= 4 is 11.6 Å². The molecule has 0 aliphatic carbocycles. The minimum atomic E-state index is 0.268. The van der Waals surface area contributed by atoms with Crippen LogP contribution in [-0.4, -0.2) is 47.9 Å². The van der Waals surface area contributed by atoms with E-state index in [-0.39, 0.29) is 6.61 Å². The van der Waals surface area contributed by atoms with E-state index in [0.29, 0.717) is 5.92 Å². The van der Waals surface area contributed by atoms with Crippen molar-refractivity contribution in [1.82, 2.24) is 9.97 Å². The minimum Gasteiger partial charge on any atom is -0.396 e. The number of piperidine rings is 1. The normalized spacial score (nSPS) is 19.5. The second kappa shape index (κ2) is 6.70. The smallest absolute Gasteiger partial charge is 0.134 e. The lowest BCUT2D eigenvalue weighted by Crippen LogP contribution is -2.37. The summed E-state index contributed by atoms with van der Waals surface area (Å²) in [6.45, 7) is 8.35. The van der Waals surface area contributed by atoms with Crippen LogP contribution in [0.2, 0.25) is 0 Å². The molecule has 1 aliphatic heterocycles. The number of aliphatic hydroxyl groups excluding tert-OH is 1. The lowest BCUT2D eigenvalue weighted by Gasteiger charge is -2.33. The predicted octanol–water partition coefficient (Wildman–Crippen LogP) is 1.53. The van der Waals surface area contributed by atoms with Crippen molar-refractivity contribution < 1.29 is 5.11 Å². The number of hydrogen-bond acceptors (Lipinski definition) is 5. The summed E-state index contributed by atoms with van der Waals surface area (Å²) >= 11 is 0. The van der Waals surface area contributed by atoms with E-state index in [1.54, 1.807) is 6.33 Å². The highest BCUT2D eigenvalue weighted by atomic mass is 16.3. The Kier molecular flexibility index (Phi) is 4.96. The third-order valence-corrected chi connectivity index (χ3v) is 3.83. The first-order valence-electron chi connectivity index (χ1n) is 7.21. The van der Waals surface area contributed by atoms with Gasteiger partial charge in [-0.15, -0.1) is 0 Å². The monoisotopic (exact) mass is 264 g/mol. The largest absolute Gasteiger partial charge is 0.396 e. The molecule has 1 aliphatic rings. The van der Waals surface area contributed by atoms with E-state index >= 15 is 0 Å². The maximum Gasteiger partial charge on any atom is 0.134 e. The standard InChI is InChI=1S/C14H24N4O/c1-3-17(4-2)13-8-14(16-11-15-13)18-7-5-6-12(9-18)10-19/h8,11-12,19H,3-7,9-10H2,1-2H3/t12-/m0/s1. The van der Waals surface area contributed by atoms with Crippen LogP contribution >= 0.6 is 0 Å². The van der Waals surface area contributed by atoms with Crippen LogP contribution in [0.25, 0.3) is 0 Å². The van der Waals surface area contributed by atoms with Crippen molar-refractivity contribution in [3.05, 3.63) is 12.4 Å². The zero-order valence-electron chi connectivity index (χ0n) is 11.9. The Morgan fingerprint density at radius 2 is 2.16 bits per heavy atom. The average Bonchev–Trinajstić information content (AvgIpc) is 2.49. The summed E-state index contributed by atoms with van der Waals surface area (Å²) < 4.78 is 0. The van der Waals surface area contributed by atoms with Gasteiger partial charge in [0.05, 0.1) is 0 Å². The molecule has 0 amide bonds. The molecule has 1 aromatic heterocycles. The van der Waals surface area contributed by atoms with Crippen LogP contribution in [0.4, 0.5) is 11.6 Å². The Balaban J connectivity index is 2.13. The van der Waals surface area contributed by atoms with Crippen LogP contribution < -0.4 is 9.80 Å². The van der Waals surface area contributed by atoms with Gasteiger partial charge in [-0.05, 0) is 32.6 Å². The summed E-state index contributed by atoms with van der Waals surface area (Å²) in [7, 11) is 0. The molecule has 0 aromatic carbocycles. The first-order chi connectivity index (χ1) is 9.28. The highest BCUT2D eigenvalue weighted by molar-refractivity contribution is 5.50. The molecule has 0 unspecified atom stereocenters. The highest BCUT2D eigenvalue weighted by Gasteiger charge is 2.20. The summed E-state index contributed by atoms with van der Waals surface area (Å²) in [4.78, 5) is 13.2. The van der Waals surface area contributed by atoms with E-state index in [0.717, 1.165) is 50.7 Å². The molecule has 1 fully saturated rings. The topological polar surface area (TPSA) is 52.5 Å². The molecule has 1 saturated heterocycles. The van der Waals surface area contributed by atoms with E-state index < -0.39 is 0 Å². The number of hydrogen-bond donors (Lipinski definition) is 1. The zero-order chi connectivity index (χ0) is 13.7. The fourth-order valence-corrected chi connectivity index (χ4v) is 2.65. The van der Waals surface area contributed by atoms with Crippen molar-refractivity contribution in [2.75, 3.05) is 42.6 Å². The van der Waals surface area contributed by atoms with Gasteiger partial charge in [0.25, 0.3) is 0 Å². The molecule has 5 nitrogen and oxygen atoms in total. The number of rotatable bonds is 5. The molecule has 2 rings (SSSR count). The highest BCUT2D eigenvalue weighted by Crippen LogP contribution is 2.23. The van der Waals surface area contributed by atoms with Gasteiger partial charge >= 0.3 is 0 Å². The van der Waals surface area contributed by atoms with Gasteiger partial charge in [0.15, 0.2) is 0 Å². The summed E-state index contributed by atoms with van der Waals surface area (Å²) in [5.74, 6) is 2.34. The second-order valence-electron chi connectivity index (χ2n) is 5.04. The SMILES string of the molecule is CCN(CC)c1cc(N2CCC[C@H](CO)C2)ncn1. The molecular weight excluding hydrogens is 240 g/mol. The van der Waals surface area contributed by atoms with Crippen molar-refractivity contribution in [2.45, 2.75) is 26.7 Å². The minimum absolute atomic E-state index is 0.268. The third kappa shape index (κ3) is 3.35. The van der Waals surface area contributed by atoms with Crippen LogP contribution in [0.3, 0.4) is 0 Å². The summed E-state index contributed by atoms with van der Waals surface area (Å²) in [5.41, 5.74) is 0. The van der Waals surface area contributed by atoms with Gasteiger partial charge in [0.2, 0.25) is 0 Å². The van der Waals surface area contributed by atoms with E-state index in [2.05, 4.69) is 39.7 Å². The van der Waals surface area contributed by atoms with Gasteiger partial charge in [0, 0.05) is 38.9 Å². The molecule has 1 atom stereocenters. The number of anilines is 2. The van der Waals surface area contributed by atoms with E-state index in [9.17, 15) is 5.11 Å². The van der Waals surface area contributed by atoms with Crippen LogP contribution in [0.15, 0.2) is 12.4 Å². The van der Waals surface area contributed by atoms with Gasteiger partial charge in [-0.2, -0.15) is 0 Å². The molecule has 106 valence electrons. The zero-order valence-corrected chi connectivity index (χ0v) is 11.9. The summed E-state index contributed by atoms with van der Waals surface area (Å²) in [6.07, 6.45) is 3.88. The average molecular weight is 264 g/mol. The van der Waals surface area contributed by atoms with E-state index in [4.69, 9.17) is 0 Å². The Morgan fingerprint density at radius 3 is 2.84 bits per heavy atom. The molecular formula is C14H24N4O. The molecule has 0 spiro atoms. The Morgan fingerprint density at radius 1 is 1.37 bits per heavy atom. The van der Waals surface area contributed by atoms with Crippen molar-refractivity contribution in [2.24, 2.45) is 5.92 Å². The van der Waals surface area contributed by atoms with Gasteiger partial charge in [-0.25, -0.2) is 9.97 Å². The number of nitrogens with zero attached hydrogens (tertiary/aromatic N) is 4. The Labute approximate surface area is 115 Å². The molecule has 5 heteroatoms. The first kappa shape index (κ1) is 14.1. The fourth-order valence-electron chi connectivity index (χ4n) is 2.65. The van der Waals surface area contributed by atoms with E-state index in [1.807, 2.05) is 0 Å². The molecule has 0 saturated carbocycles. The molecule has 1 aromatic rings. The van der Waals surface area contributed by atoms with Crippen LogP contribution in [0.1, 0.15) is 26.7 Å². The van der Waals surface area contributed by atoms with Crippen molar-refractivity contribution in [1.29, 1.82) is 0 Å². The molecule has 0 bridgehead atoms. The lowest BCUT2D eigenvalue weighted by molar-refractivity contribution is 0.208.